The number of hydrogen-bond donors (Lipinski definition) is 2. The van der Waals surface area contributed by atoms with E-state index in [0.717, 1.165) is 5.56 Å². The molecule has 0 aliphatic carbocycles. The van der Waals surface area contributed by atoms with E-state index in [1.165, 1.54) is 0 Å². The van der Waals surface area contributed by atoms with Crippen LogP contribution in [0.5, 0.6) is 0 Å². The van der Waals surface area contributed by atoms with Gasteiger partial charge in [0.25, 0.3) is 0 Å². The van der Waals surface area contributed by atoms with Crippen LogP contribution >= 0.6 is 0 Å². The molecule has 0 saturated carbocycles. The largest absolute Gasteiger partial charge is 0.481 e. The summed E-state index contributed by atoms with van der Waals surface area (Å²) in [7, 11) is 0. The fraction of sp³-hybridized carbons (Fsp3) is 0.385. The standard InChI is InChI=1S/C13H15NO3/c15-11-6-7-13(12(16)17,8-9-14-11)10-4-2-1-3-5-10/h1-5H,6-9H2,(H,14,15)(H,16,17)/t13-/m1/s1. The van der Waals surface area contributed by atoms with E-state index in [-0.39, 0.29) is 12.3 Å². The summed E-state index contributed by atoms with van der Waals surface area (Å²) >= 11 is 0. The molecule has 1 atom stereocenters. The number of benzene rings is 1. The minimum Gasteiger partial charge on any atom is -0.481 e. The van der Waals surface area contributed by atoms with Crippen molar-refractivity contribution >= 4 is 11.9 Å². The maximum absolute atomic E-state index is 11.6. The van der Waals surface area contributed by atoms with E-state index in [1.807, 2.05) is 30.3 Å². The Balaban J connectivity index is 2.39. The number of hydrogen-bond acceptors (Lipinski definition) is 2. The molecule has 0 bridgehead atoms. The van der Waals surface area contributed by atoms with E-state index in [4.69, 9.17) is 0 Å². The summed E-state index contributed by atoms with van der Waals surface area (Å²) in [5.41, 5.74) is -0.149. The second-order valence-electron chi connectivity index (χ2n) is 4.35. The Labute approximate surface area is 99.6 Å². The van der Waals surface area contributed by atoms with E-state index in [0.29, 0.717) is 19.4 Å². The molecule has 1 aliphatic heterocycles. The molecule has 1 aliphatic rings. The molecule has 90 valence electrons. The number of nitrogens with one attached hydrogen (secondary N) is 1. The van der Waals surface area contributed by atoms with E-state index >= 15 is 0 Å². The lowest BCUT2D eigenvalue weighted by Crippen LogP contribution is -2.36. The highest BCUT2D eigenvalue weighted by Gasteiger charge is 2.41. The number of aliphatic carboxylic acids is 1. The molecule has 2 N–H and O–H groups in total. The van der Waals surface area contributed by atoms with Gasteiger partial charge in [0.15, 0.2) is 0 Å². The van der Waals surface area contributed by atoms with Crippen molar-refractivity contribution in [1.82, 2.24) is 5.32 Å². The maximum Gasteiger partial charge on any atom is 0.314 e. The molecule has 1 fully saturated rings. The summed E-state index contributed by atoms with van der Waals surface area (Å²) in [5.74, 6) is -0.913. The Morgan fingerprint density at radius 2 is 1.94 bits per heavy atom. The quantitative estimate of drug-likeness (QED) is 0.809. The van der Waals surface area contributed by atoms with Crippen LogP contribution in [0, 0.1) is 0 Å². The zero-order valence-corrected chi connectivity index (χ0v) is 9.48. The van der Waals surface area contributed by atoms with Gasteiger partial charge in [-0.3, -0.25) is 9.59 Å². The average molecular weight is 233 g/mol. The minimum atomic E-state index is -0.930. The van der Waals surface area contributed by atoms with E-state index in [9.17, 15) is 14.7 Å². The van der Waals surface area contributed by atoms with Crippen LogP contribution in [0.15, 0.2) is 30.3 Å². The smallest absolute Gasteiger partial charge is 0.314 e. The molecule has 0 spiro atoms. The number of carboxylic acid groups (broad SMARTS) is 1. The fourth-order valence-electron chi connectivity index (χ4n) is 2.34. The van der Waals surface area contributed by atoms with Crippen molar-refractivity contribution in [3.63, 3.8) is 0 Å². The zero-order chi connectivity index (χ0) is 12.3. The molecular weight excluding hydrogens is 218 g/mol. The molecule has 0 aromatic heterocycles. The lowest BCUT2D eigenvalue weighted by molar-refractivity contribution is -0.144. The van der Waals surface area contributed by atoms with Crippen LogP contribution in [0.1, 0.15) is 24.8 Å². The van der Waals surface area contributed by atoms with Crippen LogP contribution in [0.25, 0.3) is 0 Å². The van der Waals surface area contributed by atoms with Gasteiger partial charge >= 0.3 is 5.97 Å². The Kier molecular flexibility index (Phi) is 3.13. The van der Waals surface area contributed by atoms with Gasteiger partial charge in [-0.2, -0.15) is 0 Å². The van der Waals surface area contributed by atoms with Crippen LogP contribution < -0.4 is 5.32 Å². The van der Waals surface area contributed by atoms with Gasteiger partial charge in [0.1, 0.15) is 0 Å². The number of amides is 1. The third-order valence-corrected chi connectivity index (χ3v) is 3.39. The van der Waals surface area contributed by atoms with E-state index in [1.54, 1.807) is 0 Å². The highest BCUT2D eigenvalue weighted by Crippen LogP contribution is 2.34. The second kappa shape index (κ2) is 4.57. The van der Waals surface area contributed by atoms with E-state index in [2.05, 4.69) is 5.32 Å². The first-order valence-electron chi connectivity index (χ1n) is 5.71. The predicted molar refractivity (Wildman–Crippen MR) is 62.6 cm³/mol. The highest BCUT2D eigenvalue weighted by atomic mass is 16.4. The molecule has 4 heteroatoms. The topological polar surface area (TPSA) is 66.4 Å². The Morgan fingerprint density at radius 3 is 2.59 bits per heavy atom. The third-order valence-electron chi connectivity index (χ3n) is 3.39. The molecule has 2 rings (SSSR count). The molecule has 0 radical (unpaired) electrons. The molecule has 1 heterocycles. The lowest BCUT2D eigenvalue weighted by Gasteiger charge is -2.27. The normalized spacial score (nSPS) is 24.8. The number of carbonyl (C=O) groups is 2. The average Bonchev–Trinajstić information content (AvgIpc) is 2.53. The van der Waals surface area contributed by atoms with Gasteiger partial charge in [0.2, 0.25) is 5.91 Å². The lowest BCUT2D eigenvalue weighted by atomic mass is 9.74. The van der Waals surface area contributed by atoms with Gasteiger partial charge < -0.3 is 10.4 Å². The van der Waals surface area contributed by atoms with Gasteiger partial charge in [-0.05, 0) is 18.4 Å². The summed E-state index contributed by atoms with van der Waals surface area (Å²) in [4.78, 5) is 22.9. The molecule has 4 nitrogen and oxygen atoms in total. The third kappa shape index (κ3) is 2.16. The zero-order valence-electron chi connectivity index (χ0n) is 9.48. The van der Waals surface area contributed by atoms with Crippen molar-refractivity contribution in [2.75, 3.05) is 6.54 Å². The summed E-state index contributed by atoms with van der Waals surface area (Å²) < 4.78 is 0. The fourth-order valence-corrected chi connectivity index (χ4v) is 2.34. The van der Waals surface area contributed by atoms with Gasteiger partial charge in [0.05, 0.1) is 5.41 Å². The highest BCUT2D eigenvalue weighted by molar-refractivity contribution is 5.84. The molecule has 1 aromatic carbocycles. The Hall–Kier alpha value is -1.84. The monoisotopic (exact) mass is 233 g/mol. The van der Waals surface area contributed by atoms with Crippen molar-refractivity contribution in [3.8, 4) is 0 Å². The summed E-state index contributed by atoms with van der Waals surface area (Å²) in [6.45, 7) is 0.417. The molecule has 0 unspecified atom stereocenters. The first-order chi connectivity index (χ1) is 8.15. The maximum atomic E-state index is 11.6. The van der Waals surface area contributed by atoms with Gasteiger partial charge in [-0.15, -0.1) is 0 Å². The van der Waals surface area contributed by atoms with Crippen molar-refractivity contribution in [2.45, 2.75) is 24.7 Å². The summed E-state index contributed by atoms with van der Waals surface area (Å²) in [6.07, 6.45) is 1.07. The van der Waals surface area contributed by atoms with Crippen molar-refractivity contribution in [1.29, 1.82) is 0 Å². The summed E-state index contributed by atoms with van der Waals surface area (Å²) in [6, 6.07) is 9.17. The Bertz CT molecular complexity index is 430. The summed E-state index contributed by atoms with van der Waals surface area (Å²) in [5, 5.41) is 12.2. The first kappa shape index (κ1) is 11.6. The van der Waals surface area contributed by atoms with Gasteiger partial charge in [-0.1, -0.05) is 30.3 Å². The number of carbonyl (C=O) groups excluding carboxylic acids is 1. The molecule has 1 saturated heterocycles. The van der Waals surface area contributed by atoms with E-state index < -0.39 is 11.4 Å². The van der Waals surface area contributed by atoms with Crippen LogP contribution in [0.2, 0.25) is 0 Å². The minimum absolute atomic E-state index is 0.0657. The van der Waals surface area contributed by atoms with Crippen molar-refractivity contribution in [3.05, 3.63) is 35.9 Å². The second-order valence-corrected chi connectivity index (χ2v) is 4.35. The number of rotatable bonds is 2. The molecule has 17 heavy (non-hydrogen) atoms. The van der Waals surface area contributed by atoms with Crippen molar-refractivity contribution < 1.29 is 14.7 Å². The number of carboxylic acids is 1. The first-order valence-corrected chi connectivity index (χ1v) is 5.71. The predicted octanol–water partition coefficient (Wildman–Crippen LogP) is 1.31. The molecular formula is C13H15NO3. The van der Waals surface area contributed by atoms with Crippen LogP contribution in [-0.2, 0) is 15.0 Å². The van der Waals surface area contributed by atoms with Crippen LogP contribution in [-0.4, -0.2) is 23.5 Å². The van der Waals surface area contributed by atoms with Gasteiger partial charge in [-0.25, -0.2) is 0 Å². The van der Waals surface area contributed by atoms with Gasteiger partial charge in [0, 0.05) is 13.0 Å². The van der Waals surface area contributed by atoms with Crippen LogP contribution in [0.4, 0.5) is 0 Å². The molecule has 1 aromatic rings. The Morgan fingerprint density at radius 1 is 1.24 bits per heavy atom. The van der Waals surface area contributed by atoms with Crippen molar-refractivity contribution in [2.24, 2.45) is 0 Å². The molecule has 1 amide bonds. The van der Waals surface area contributed by atoms with Crippen LogP contribution in [0.3, 0.4) is 0 Å². The SMILES string of the molecule is O=C1CC[C@](C(=O)O)(c2ccccc2)CCN1.